The Morgan fingerprint density at radius 2 is 1.22 bits per heavy atom. The van der Waals surface area contributed by atoms with E-state index in [1.165, 1.54) is 0 Å². The van der Waals surface area contributed by atoms with E-state index in [9.17, 15) is 4.79 Å². The highest BCUT2D eigenvalue weighted by atomic mass is 16.5. The molecule has 0 amide bonds. The quantitative estimate of drug-likeness (QED) is 0.628. The van der Waals surface area contributed by atoms with Crippen molar-refractivity contribution in [3.63, 3.8) is 0 Å². The lowest BCUT2D eigenvalue weighted by Crippen LogP contribution is -2.34. The number of carbonyl (C=O) groups is 1. The maximum Gasteiger partial charge on any atom is 0.203 e. The summed E-state index contributed by atoms with van der Waals surface area (Å²) in [7, 11) is 8.39. The molecule has 2 aromatic rings. The summed E-state index contributed by atoms with van der Waals surface area (Å²) in [4.78, 5) is 15.5. The zero-order valence-corrected chi connectivity index (χ0v) is 19.9. The van der Waals surface area contributed by atoms with Crippen LogP contribution in [0.1, 0.15) is 22.3 Å². The van der Waals surface area contributed by atoms with Gasteiger partial charge in [0.05, 0.1) is 28.4 Å². The fraction of sp³-hybridized carbons (Fsp3) is 0.346. The van der Waals surface area contributed by atoms with Gasteiger partial charge in [0.1, 0.15) is 5.75 Å². The van der Waals surface area contributed by atoms with Crippen molar-refractivity contribution in [3.8, 4) is 23.0 Å². The van der Waals surface area contributed by atoms with Crippen molar-refractivity contribution in [1.29, 1.82) is 0 Å². The van der Waals surface area contributed by atoms with Gasteiger partial charge in [0.25, 0.3) is 0 Å². The van der Waals surface area contributed by atoms with Crippen molar-refractivity contribution in [2.24, 2.45) is 0 Å². The number of methoxy groups -OCH3 is 4. The number of ether oxygens (including phenoxy) is 4. The second-order valence-corrected chi connectivity index (χ2v) is 7.96. The summed E-state index contributed by atoms with van der Waals surface area (Å²) >= 11 is 0. The second kappa shape index (κ2) is 9.92. The molecule has 0 saturated carbocycles. The Labute approximate surface area is 190 Å². The molecule has 1 aliphatic rings. The molecule has 0 radical (unpaired) electrons. The van der Waals surface area contributed by atoms with Gasteiger partial charge in [-0.3, -0.25) is 9.69 Å². The van der Waals surface area contributed by atoms with Crippen LogP contribution in [0, 0.1) is 13.8 Å². The SMILES string of the molecule is COc1cc(/C=C2\CN(C)C/C(=C\c3cc(OC)c(OC)c(OC)c3)C2=O)cc(C)c1C. The standard InChI is InChI=1S/C26H31NO5/c1-16-8-18(11-22(29-4)17(16)2)9-20-14-27(3)15-21(25(20)28)10-19-12-23(30-5)26(32-7)24(13-19)31-6/h8-13H,14-15H2,1-7H3/b20-9+,21-10+. The lowest BCUT2D eigenvalue weighted by molar-refractivity contribution is -0.113. The monoisotopic (exact) mass is 437 g/mol. The maximum atomic E-state index is 13.3. The van der Waals surface area contributed by atoms with Gasteiger partial charge in [-0.1, -0.05) is 6.07 Å². The number of benzene rings is 2. The first-order valence-electron chi connectivity index (χ1n) is 10.4. The molecule has 0 atom stereocenters. The molecule has 170 valence electrons. The van der Waals surface area contributed by atoms with Crippen LogP contribution >= 0.6 is 0 Å². The smallest absolute Gasteiger partial charge is 0.203 e. The van der Waals surface area contributed by atoms with Crippen molar-refractivity contribution in [1.82, 2.24) is 4.90 Å². The molecule has 3 rings (SSSR count). The summed E-state index contributed by atoms with van der Waals surface area (Å²) in [6.45, 7) is 5.22. The summed E-state index contributed by atoms with van der Waals surface area (Å²) < 4.78 is 21.8. The van der Waals surface area contributed by atoms with E-state index in [4.69, 9.17) is 18.9 Å². The van der Waals surface area contributed by atoms with Crippen LogP contribution in [-0.4, -0.2) is 59.3 Å². The molecule has 0 bridgehead atoms. The Kier molecular flexibility index (Phi) is 7.26. The first-order chi connectivity index (χ1) is 15.3. The van der Waals surface area contributed by atoms with Crippen molar-refractivity contribution < 1.29 is 23.7 Å². The van der Waals surface area contributed by atoms with E-state index in [-0.39, 0.29) is 5.78 Å². The average molecular weight is 438 g/mol. The van der Waals surface area contributed by atoms with Gasteiger partial charge in [0.15, 0.2) is 17.3 Å². The molecule has 0 N–H and O–H groups in total. The van der Waals surface area contributed by atoms with Crippen LogP contribution < -0.4 is 18.9 Å². The Balaban J connectivity index is 2.02. The van der Waals surface area contributed by atoms with Crippen LogP contribution in [0.15, 0.2) is 35.4 Å². The third kappa shape index (κ3) is 4.81. The van der Waals surface area contributed by atoms with Gasteiger partial charge < -0.3 is 18.9 Å². The molecule has 1 saturated heterocycles. The van der Waals surface area contributed by atoms with E-state index in [2.05, 4.69) is 11.0 Å². The minimum atomic E-state index is 0.0362. The van der Waals surface area contributed by atoms with E-state index >= 15 is 0 Å². The topological polar surface area (TPSA) is 57.2 Å². The van der Waals surface area contributed by atoms with Gasteiger partial charge in [-0.2, -0.15) is 0 Å². The maximum absolute atomic E-state index is 13.3. The number of likely N-dealkylation sites (N-methyl/N-ethyl adjacent to an activating group) is 1. The zero-order chi connectivity index (χ0) is 23.4. The number of piperidine rings is 1. The van der Waals surface area contributed by atoms with Gasteiger partial charge >= 0.3 is 0 Å². The first kappa shape index (κ1) is 23.4. The number of nitrogens with zero attached hydrogens (tertiary/aromatic N) is 1. The summed E-state index contributed by atoms with van der Waals surface area (Å²) in [6.07, 6.45) is 3.84. The number of carbonyl (C=O) groups excluding carboxylic acids is 1. The van der Waals surface area contributed by atoms with Crippen LogP contribution in [0.5, 0.6) is 23.0 Å². The highest BCUT2D eigenvalue weighted by molar-refractivity contribution is 6.14. The summed E-state index contributed by atoms with van der Waals surface area (Å²) in [5, 5.41) is 0. The highest BCUT2D eigenvalue weighted by Gasteiger charge is 2.24. The van der Waals surface area contributed by atoms with Crippen LogP contribution in [0.2, 0.25) is 0 Å². The van der Waals surface area contributed by atoms with Crippen molar-refractivity contribution in [2.45, 2.75) is 13.8 Å². The molecule has 0 spiro atoms. The number of ketones is 1. The highest BCUT2D eigenvalue weighted by Crippen LogP contribution is 2.39. The Morgan fingerprint density at radius 1 is 0.750 bits per heavy atom. The fourth-order valence-corrected chi connectivity index (χ4v) is 3.95. The molecule has 0 aromatic heterocycles. The average Bonchev–Trinajstić information content (AvgIpc) is 2.78. The number of hydrogen-bond donors (Lipinski definition) is 0. The van der Waals surface area contributed by atoms with Gasteiger partial charge in [-0.25, -0.2) is 0 Å². The first-order valence-corrected chi connectivity index (χ1v) is 10.4. The largest absolute Gasteiger partial charge is 0.496 e. The molecule has 1 aliphatic heterocycles. The third-order valence-electron chi connectivity index (χ3n) is 5.69. The predicted octanol–water partition coefficient (Wildman–Crippen LogP) is 4.32. The van der Waals surface area contributed by atoms with Crippen molar-refractivity contribution >= 4 is 17.9 Å². The zero-order valence-electron chi connectivity index (χ0n) is 19.9. The molecule has 1 heterocycles. The van der Waals surface area contributed by atoms with E-state index in [0.717, 1.165) is 33.6 Å². The van der Waals surface area contributed by atoms with Gasteiger partial charge in [-0.05, 0) is 73.5 Å². The van der Waals surface area contributed by atoms with Crippen molar-refractivity contribution in [3.05, 3.63) is 57.7 Å². The van der Waals surface area contributed by atoms with Crippen LogP contribution in [0.4, 0.5) is 0 Å². The summed E-state index contributed by atoms with van der Waals surface area (Å²) in [5.74, 6) is 2.48. The lowest BCUT2D eigenvalue weighted by Gasteiger charge is -2.26. The molecule has 1 fully saturated rings. The Morgan fingerprint density at radius 3 is 1.69 bits per heavy atom. The van der Waals surface area contributed by atoms with E-state index in [1.54, 1.807) is 28.4 Å². The molecular formula is C26H31NO5. The van der Waals surface area contributed by atoms with Crippen molar-refractivity contribution in [2.75, 3.05) is 48.6 Å². The molecule has 0 unspecified atom stereocenters. The molecule has 6 nitrogen and oxygen atoms in total. The number of aryl methyl sites for hydroxylation is 1. The normalized spacial score (nSPS) is 17.0. The molecule has 32 heavy (non-hydrogen) atoms. The van der Waals surface area contributed by atoms with Gasteiger partial charge in [0.2, 0.25) is 5.75 Å². The summed E-state index contributed by atoms with van der Waals surface area (Å²) in [6, 6.07) is 7.73. The second-order valence-electron chi connectivity index (χ2n) is 7.96. The molecule has 2 aromatic carbocycles. The van der Waals surface area contributed by atoms with E-state index < -0.39 is 0 Å². The molecular weight excluding hydrogens is 406 g/mol. The Hall–Kier alpha value is -3.25. The predicted molar refractivity (Wildman–Crippen MR) is 127 cm³/mol. The van der Waals surface area contributed by atoms with Gasteiger partial charge in [0, 0.05) is 24.2 Å². The van der Waals surface area contributed by atoms with E-state index in [1.807, 2.05) is 51.2 Å². The van der Waals surface area contributed by atoms with Crippen LogP contribution in [0.3, 0.4) is 0 Å². The van der Waals surface area contributed by atoms with Gasteiger partial charge in [-0.15, -0.1) is 0 Å². The van der Waals surface area contributed by atoms with E-state index in [0.29, 0.717) is 35.9 Å². The number of Topliss-reactive ketones (excluding diaryl/α,β-unsaturated/α-hetero) is 1. The number of hydrogen-bond acceptors (Lipinski definition) is 6. The molecule has 6 heteroatoms. The summed E-state index contributed by atoms with van der Waals surface area (Å²) in [5.41, 5.74) is 5.43. The Bertz CT molecular complexity index is 1060. The minimum absolute atomic E-state index is 0.0362. The lowest BCUT2D eigenvalue weighted by atomic mass is 9.93. The fourth-order valence-electron chi connectivity index (χ4n) is 3.95. The number of likely N-dealkylation sites (tertiary alicyclic amines) is 1. The molecule has 0 aliphatic carbocycles. The minimum Gasteiger partial charge on any atom is -0.496 e. The van der Waals surface area contributed by atoms with Crippen LogP contribution in [0.25, 0.3) is 12.2 Å². The number of rotatable bonds is 6. The third-order valence-corrected chi connectivity index (χ3v) is 5.69. The van der Waals surface area contributed by atoms with Crippen LogP contribution in [-0.2, 0) is 4.79 Å².